The Bertz CT molecular complexity index is 1210. The molecule has 3 aromatic carbocycles. The lowest BCUT2D eigenvalue weighted by atomic mass is 9.99. The lowest BCUT2D eigenvalue weighted by Gasteiger charge is -2.13. The van der Waals surface area contributed by atoms with Crippen LogP contribution in [0.3, 0.4) is 0 Å². The van der Waals surface area contributed by atoms with Gasteiger partial charge in [0.1, 0.15) is 23.9 Å². The first-order chi connectivity index (χ1) is 16.5. The molecule has 1 unspecified atom stereocenters. The van der Waals surface area contributed by atoms with E-state index in [1.165, 1.54) is 11.1 Å². The number of ether oxygens (including phenoxy) is 2. The van der Waals surface area contributed by atoms with E-state index in [0.29, 0.717) is 19.1 Å². The molecule has 34 heavy (non-hydrogen) atoms. The number of aromatic nitrogens is 2. The molecule has 0 radical (unpaired) electrons. The molecule has 178 valence electrons. The zero-order valence-electron chi connectivity index (χ0n) is 20.9. The van der Waals surface area contributed by atoms with E-state index in [0.717, 1.165) is 59.7 Å². The smallest absolute Gasteiger partial charge is 0.147 e. The Kier molecular flexibility index (Phi) is 7.89. The third-order valence-electron chi connectivity index (χ3n) is 6.54. The first-order valence-electron chi connectivity index (χ1n) is 12.4. The van der Waals surface area contributed by atoms with Gasteiger partial charge in [-0.1, -0.05) is 50.2 Å². The fourth-order valence-electron chi connectivity index (χ4n) is 4.18. The van der Waals surface area contributed by atoms with E-state index >= 15 is 0 Å². The second-order valence-corrected chi connectivity index (χ2v) is 9.16. The maximum absolute atomic E-state index is 6.19. The topological polar surface area (TPSA) is 36.3 Å². The van der Waals surface area contributed by atoms with Gasteiger partial charge in [0.05, 0.1) is 17.6 Å². The Morgan fingerprint density at radius 1 is 0.912 bits per heavy atom. The first-order valence-corrected chi connectivity index (χ1v) is 12.4. The summed E-state index contributed by atoms with van der Waals surface area (Å²) in [6.07, 6.45) is 3.15. The third kappa shape index (κ3) is 5.80. The minimum atomic E-state index is 0.456. The van der Waals surface area contributed by atoms with Gasteiger partial charge in [-0.3, -0.25) is 0 Å². The molecular formula is C30H36N2O2. The van der Waals surface area contributed by atoms with E-state index in [1.54, 1.807) is 0 Å². The standard InChI is InChI=1S/C30H36N2O2/c1-5-23(3)25-14-16-26(17-15-25)33-19-9-8-18-32-28-11-7-6-10-27(28)31-30(32)21-34-29-20-22(2)12-13-24(29)4/h6-7,10-17,20,23H,5,8-9,18-19,21H2,1-4H3. The molecule has 4 nitrogen and oxygen atoms in total. The number of nitrogens with zero attached hydrogens (tertiary/aromatic N) is 2. The Balaban J connectivity index is 1.35. The largest absolute Gasteiger partial charge is 0.494 e. The second kappa shape index (κ2) is 11.2. The van der Waals surface area contributed by atoms with Gasteiger partial charge in [-0.15, -0.1) is 0 Å². The average molecular weight is 457 g/mol. The fourth-order valence-corrected chi connectivity index (χ4v) is 4.18. The molecule has 0 amide bonds. The maximum Gasteiger partial charge on any atom is 0.147 e. The van der Waals surface area contributed by atoms with Gasteiger partial charge >= 0.3 is 0 Å². The van der Waals surface area contributed by atoms with E-state index < -0.39 is 0 Å². The summed E-state index contributed by atoms with van der Waals surface area (Å²) in [5.74, 6) is 3.42. The molecule has 0 N–H and O–H groups in total. The molecule has 0 spiro atoms. The molecule has 0 aliphatic heterocycles. The van der Waals surface area contributed by atoms with Crippen LogP contribution in [0.4, 0.5) is 0 Å². The number of para-hydroxylation sites is 2. The van der Waals surface area contributed by atoms with Gasteiger partial charge < -0.3 is 14.0 Å². The van der Waals surface area contributed by atoms with Crippen LogP contribution in [0.15, 0.2) is 66.7 Å². The molecule has 0 bridgehead atoms. The van der Waals surface area contributed by atoms with Gasteiger partial charge in [-0.2, -0.15) is 0 Å². The van der Waals surface area contributed by atoms with Crippen molar-refractivity contribution < 1.29 is 9.47 Å². The van der Waals surface area contributed by atoms with Gasteiger partial charge in [0.2, 0.25) is 0 Å². The van der Waals surface area contributed by atoms with Crippen molar-refractivity contribution in [3.63, 3.8) is 0 Å². The summed E-state index contributed by atoms with van der Waals surface area (Å²) >= 11 is 0. The summed E-state index contributed by atoms with van der Waals surface area (Å²) in [5, 5.41) is 0. The van der Waals surface area contributed by atoms with Crippen molar-refractivity contribution in [2.24, 2.45) is 0 Å². The summed E-state index contributed by atoms with van der Waals surface area (Å²) in [6, 6.07) is 23.2. The zero-order valence-corrected chi connectivity index (χ0v) is 20.9. The van der Waals surface area contributed by atoms with Crippen molar-refractivity contribution in [2.45, 2.75) is 66.0 Å². The molecular weight excluding hydrogens is 420 g/mol. The second-order valence-electron chi connectivity index (χ2n) is 9.16. The van der Waals surface area contributed by atoms with Crippen molar-refractivity contribution in [2.75, 3.05) is 6.61 Å². The predicted octanol–water partition coefficient (Wildman–Crippen LogP) is 7.60. The highest BCUT2D eigenvalue weighted by molar-refractivity contribution is 5.75. The molecule has 1 aromatic heterocycles. The van der Waals surface area contributed by atoms with E-state index in [9.17, 15) is 0 Å². The van der Waals surface area contributed by atoms with Gasteiger partial charge in [-0.25, -0.2) is 4.98 Å². The minimum absolute atomic E-state index is 0.456. The molecule has 4 rings (SSSR count). The summed E-state index contributed by atoms with van der Waals surface area (Å²) in [4.78, 5) is 4.86. The molecule has 0 saturated heterocycles. The van der Waals surface area contributed by atoms with Crippen molar-refractivity contribution in [3.05, 3.63) is 89.2 Å². The highest BCUT2D eigenvalue weighted by Crippen LogP contribution is 2.23. The lowest BCUT2D eigenvalue weighted by molar-refractivity contribution is 0.283. The number of imidazole rings is 1. The van der Waals surface area contributed by atoms with Crippen molar-refractivity contribution in [3.8, 4) is 11.5 Å². The first kappa shape index (κ1) is 23.9. The van der Waals surface area contributed by atoms with E-state index in [1.807, 2.05) is 6.07 Å². The zero-order chi connectivity index (χ0) is 23.9. The highest BCUT2D eigenvalue weighted by Gasteiger charge is 2.12. The van der Waals surface area contributed by atoms with Gasteiger partial charge in [0, 0.05) is 6.54 Å². The van der Waals surface area contributed by atoms with Crippen molar-refractivity contribution in [1.29, 1.82) is 0 Å². The summed E-state index contributed by atoms with van der Waals surface area (Å²) in [5.41, 5.74) is 5.88. The van der Waals surface area contributed by atoms with Crippen molar-refractivity contribution in [1.82, 2.24) is 9.55 Å². The van der Waals surface area contributed by atoms with E-state index in [-0.39, 0.29) is 0 Å². The number of aryl methyl sites for hydroxylation is 3. The maximum atomic E-state index is 6.19. The monoisotopic (exact) mass is 456 g/mol. The van der Waals surface area contributed by atoms with Crippen LogP contribution in [-0.4, -0.2) is 16.2 Å². The summed E-state index contributed by atoms with van der Waals surface area (Å²) < 4.78 is 14.5. The molecule has 1 atom stereocenters. The van der Waals surface area contributed by atoms with Crippen LogP contribution >= 0.6 is 0 Å². The molecule has 0 aliphatic rings. The number of unbranched alkanes of at least 4 members (excludes halogenated alkanes) is 1. The van der Waals surface area contributed by atoms with Gasteiger partial charge in [0.15, 0.2) is 0 Å². The van der Waals surface area contributed by atoms with Gasteiger partial charge in [-0.05, 0) is 86.1 Å². The molecule has 1 heterocycles. The average Bonchev–Trinajstić information content (AvgIpc) is 3.21. The molecule has 0 fully saturated rings. The van der Waals surface area contributed by atoms with Gasteiger partial charge in [0.25, 0.3) is 0 Å². The number of hydrogen-bond acceptors (Lipinski definition) is 3. The Labute approximate surface area is 203 Å². The lowest BCUT2D eigenvalue weighted by Crippen LogP contribution is -2.09. The minimum Gasteiger partial charge on any atom is -0.494 e. The van der Waals surface area contributed by atoms with E-state index in [2.05, 4.69) is 92.9 Å². The molecule has 0 aliphatic carbocycles. The Morgan fingerprint density at radius 3 is 2.50 bits per heavy atom. The van der Waals surface area contributed by atoms with Crippen LogP contribution < -0.4 is 9.47 Å². The van der Waals surface area contributed by atoms with Crippen LogP contribution in [0.25, 0.3) is 11.0 Å². The van der Waals surface area contributed by atoms with Crippen LogP contribution in [0.5, 0.6) is 11.5 Å². The number of fused-ring (bicyclic) bond motifs is 1. The van der Waals surface area contributed by atoms with Crippen LogP contribution in [-0.2, 0) is 13.2 Å². The van der Waals surface area contributed by atoms with Crippen LogP contribution in [0, 0.1) is 13.8 Å². The Hall–Kier alpha value is -3.27. The summed E-state index contributed by atoms with van der Waals surface area (Å²) in [6.45, 7) is 10.7. The summed E-state index contributed by atoms with van der Waals surface area (Å²) in [7, 11) is 0. The molecule has 0 saturated carbocycles. The van der Waals surface area contributed by atoms with Crippen molar-refractivity contribution >= 4 is 11.0 Å². The Morgan fingerprint density at radius 2 is 1.71 bits per heavy atom. The number of benzene rings is 3. The number of hydrogen-bond donors (Lipinski definition) is 0. The van der Waals surface area contributed by atoms with E-state index in [4.69, 9.17) is 14.5 Å². The predicted molar refractivity (Wildman–Crippen MR) is 140 cm³/mol. The molecule has 4 aromatic rings. The SMILES string of the molecule is CCC(C)c1ccc(OCCCCn2c(COc3cc(C)ccc3C)nc3ccccc32)cc1. The van der Waals surface area contributed by atoms with Crippen LogP contribution in [0.2, 0.25) is 0 Å². The third-order valence-corrected chi connectivity index (χ3v) is 6.54. The normalized spacial score (nSPS) is 12.1. The fraction of sp³-hybridized carbons (Fsp3) is 0.367. The number of rotatable bonds is 11. The molecule has 4 heteroatoms. The quantitative estimate of drug-likeness (QED) is 0.218. The highest BCUT2D eigenvalue weighted by atomic mass is 16.5. The van der Waals surface area contributed by atoms with Crippen LogP contribution in [0.1, 0.15) is 61.5 Å².